The zero-order valence-corrected chi connectivity index (χ0v) is 9.83. The normalized spacial score (nSPS) is 19.2. The topological polar surface area (TPSA) is 20.2 Å². The molecule has 0 saturated heterocycles. The molecule has 1 saturated carbocycles. The summed E-state index contributed by atoms with van der Waals surface area (Å²) in [6.07, 6.45) is 5.46. The van der Waals surface area contributed by atoms with E-state index in [4.69, 9.17) is 0 Å². The third kappa shape index (κ3) is 3.50. The van der Waals surface area contributed by atoms with E-state index in [1.165, 1.54) is 18.6 Å². The number of aliphatic hydroxyl groups excluding tert-OH is 1. The van der Waals surface area contributed by atoms with Gasteiger partial charge in [0.1, 0.15) is 11.6 Å². The van der Waals surface area contributed by atoms with Crippen LogP contribution in [0.4, 0.5) is 8.78 Å². The molecule has 1 fully saturated rings. The Labute approximate surface area is 100 Å². The van der Waals surface area contributed by atoms with Crippen molar-refractivity contribution in [1.29, 1.82) is 0 Å². The third-order valence-electron chi connectivity index (χ3n) is 3.56. The molecule has 3 heteroatoms. The number of benzene rings is 1. The maximum Gasteiger partial charge on any atom is 0.126 e. The first kappa shape index (κ1) is 12.5. The molecule has 1 aliphatic carbocycles. The molecule has 1 aliphatic rings. The number of hydrogen-bond donors (Lipinski definition) is 1. The minimum absolute atomic E-state index is 0.287. The largest absolute Gasteiger partial charge is 0.392 e. The van der Waals surface area contributed by atoms with E-state index < -0.39 is 17.7 Å². The monoisotopic (exact) mass is 240 g/mol. The van der Waals surface area contributed by atoms with Crippen LogP contribution < -0.4 is 0 Å². The summed E-state index contributed by atoms with van der Waals surface area (Å²) in [4.78, 5) is 0. The Kier molecular flexibility index (Phi) is 4.11. The summed E-state index contributed by atoms with van der Waals surface area (Å²) < 4.78 is 26.0. The number of aliphatic hydroxyl groups is 1. The van der Waals surface area contributed by atoms with Gasteiger partial charge in [0.15, 0.2) is 0 Å². The Hall–Kier alpha value is -0.960. The van der Waals surface area contributed by atoms with E-state index in [1.54, 1.807) is 0 Å². The number of hydrogen-bond acceptors (Lipinski definition) is 1. The van der Waals surface area contributed by atoms with Crippen molar-refractivity contribution in [1.82, 2.24) is 0 Å². The van der Waals surface area contributed by atoms with Gasteiger partial charge in [-0.1, -0.05) is 19.3 Å². The summed E-state index contributed by atoms with van der Waals surface area (Å²) in [7, 11) is 0. The molecule has 0 aromatic heterocycles. The smallest absolute Gasteiger partial charge is 0.126 e. The van der Waals surface area contributed by atoms with Crippen molar-refractivity contribution in [3.63, 3.8) is 0 Å². The Morgan fingerprint density at radius 1 is 1.06 bits per heavy atom. The molecule has 0 heterocycles. The van der Waals surface area contributed by atoms with Gasteiger partial charge in [-0.15, -0.1) is 0 Å². The molecule has 1 unspecified atom stereocenters. The lowest BCUT2D eigenvalue weighted by atomic mass is 9.83. The molecule has 94 valence electrons. The van der Waals surface area contributed by atoms with Crippen molar-refractivity contribution in [2.75, 3.05) is 0 Å². The highest BCUT2D eigenvalue weighted by atomic mass is 19.1. The molecule has 1 aromatic carbocycles. The first-order chi connectivity index (χ1) is 8.15. The Morgan fingerprint density at radius 2 is 1.65 bits per heavy atom. The lowest BCUT2D eigenvalue weighted by Crippen LogP contribution is -2.25. The fourth-order valence-corrected chi connectivity index (χ4v) is 2.66. The highest BCUT2D eigenvalue weighted by Crippen LogP contribution is 2.28. The van der Waals surface area contributed by atoms with Crippen molar-refractivity contribution in [2.24, 2.45) is 5.92 Å². The highest BCUT2D eigenvalue weighted by molar-refractivity contribution is 5.18. The van der Waals surface area contributed by atoms with E-state index in [1.807, 2.05) is 0 Å². The molecule has 1 nitrogen and oxygen atoms in total. The summed E-state index contributed by atoms with van der Waals surface area (Å²) in [5.74, 6) is -0.859. The SMILES string of the molecule is OC(Cc1cc(F)cc(F)c1)C1CCCCC1. The quantitative estimate of drug-likeness (QED) is 0.858. The van der Waals surface area contributed by atoms with Crippen molar-refractivity contribution in [2.45, 2.75) is 44.6 Å². The predicted molar refractivity (Wildman–Crippen MR) is 62.6 cm³/mol. The second-order valence-corrected chi connectivity index (χ2v) is 4.95. The summed E-state index contributed by atoms with van der Waals surface area (Å²) in [5, 5.41) is 10.1. The van der Waals surface area contributed by atoms with Crippen LogP contribution in [0.15, 0.2) is 18.2 Å². The van der Waals surface area contributed by atoms with Crippen LogP contribution in [-0.2, 0) is 6.42 Å². The Balaban J connectivity index is 1.99. The van der Waals surface area contributed by atoms with E-state index >= 15 is 0 Å². The van der Waals surface area contributed by atoms with Gasteiger partial charge in [0.05, 0.1) is 6.10 Å². The molecule has 2 rings (SSSR count). The Bertz CT molecular complexity index is 352. The second-order valence-electron chi connectivity index (χ2n) is 4.95. The first-order valence-corrected chi connectivity index (χ1v) is 6.28. The molecule has 0 bridgehead atoms. The van der Waals surface area contributed by atoms with E-state index in [9.17, 15) is 13.9 Å². The lowest BCUT2D eigenvalue weighted by Gasteiger charge is -2.26. The molecular weight excluding hydrogens is 222 g/mol. The van der Waals surface area contributed by atoms with Gasteiger partial charge in [0.2, 0.25) is 0 Å². The summed E-state index contributed by atoms with van der Waals surface area (Å²) in [5.41, 5.74) is 0.542. The maximum absolute atomic E-state index is 13.0. The highest BCUT2D eigenvalue weighted by Gasteiger charge is 2.22. The van der Waals surface area contributed by atoms with Crippen LogP contribution in [0.25, 0.3) is 0 Å². The molecule has 0 spiro atoms. The van der Waals surface area contributed by atoms with Crippen molar-refractivity contribution >= 4 is 0 Å². The lowest BCUT2D eigenvalue weighted by molar-refractivity contribution is 0.0850. The van der Waals surface area contributed by atoms with Crippen molar-refractivity contribution < 1.29 is 13.9 Å². The van der Waals surface area contributed by atoms with E-state index in [-0.39, 0.29) is 5.92 Å². The van der Waals surface area contributed by atoms with Gasteiger partial charge in [-0.25, -0.2) is 8.78 Å². The number of halogens is 2. The molecule has 0 aliphatic heterocycles. The average Bonchev–Trinajstić information content (AvgIpc) is 2.28. The van der Waals surface area contributed by atoms with Crippen LogP contribution in [0, 0.1) is 17.6 Å². The maximum atomic E-state index is 13.0. The molecule has 1 N–H and O–H groups in total. The van der Waals surface area contributed by atoms with Gasteiger partial charge in [-0.2, -0.15) is 0 Å². The first-order valence-electron chi connectivity index (χ1n) is 6.28. The zero-order valence-electron chi connectivity index (χ0n) is 9.83. The van der Waals surface area contributed by atoms with Crippen molar-refractivity contribution in [3.05, 3.63) is 35.4 Å². The van der Waals surface area contributed by atoms with Crippen LogP contribution in [0.3, 0.4) is 0 Å². The van der Waals surface area contributed by atoms with Gasteiger partial charge < -0.3 is 5.11 Å². The van der Waals surface area contributed by atoms with Gasteiger partial charge in [0.25, 0.3) is 0 Å². The molecule has 17 heavy (non-hydrogen) atoms. The molecule has 1 atom stereocenters. The van der Waals surface area contributed by atoms with Gasteiger partial charge in [-0.05, 0) is 42.9 Å². The van der Waals surface area contributed by atoms with Crippen LogP contribution in [0.1, 0.15) is 37.7 Å². The standard InChI is InChI=1S/C14H18F2O/c15-12-6-10(7-13(16)9-12)8-14(17)11-4-2-1-3-5-11/h6-7,9,11,14,17H,1-5,8H2. The minimum atomic E-state index is -0.573. The van der Waals surface area contributed by atoms with E-state index in [0.29, 0.717) is 12.0 Å². The molecule has 0 amide bonds. The van der Waals surface area contributed by atoms with Gasteiger partial charge in [-0.3, -0.25) is 0 Å². The predicted octanol–water partition coefficient (Wildman–Crippen LogP) is 3.45. The van der Waals surface area contributed by atoms with E-state index in [0.717, 1.165) is 31.7 Å². The van der Waals surface area contributed by atoms with Gasteiger partial charge in [0, 0.05) is 6.07 Å². The number of rotatable bonds is 3. The van der Waals surface area contributed by atoms with Crippen LogP contribution in [-0.4, -0.2) is 11.2 Å². The van der Waals surface area contributed by atoms with Crippen LogP contribution in [0.5, 0.6) is 0 Å². The zero-order chi connectivity index (χ0) is 12.3. The summed E-state index contributed by atoms with van der Waals surface area (Å²) >= 11 is 0. The summed E-state index contributed by atoms with van der Waals surface area (Å²) in [6.45, 7) is 0. The second kappa shape index (κ2) is 5.58. The average molecular weight is 240 g/mol. The fraction of sp³-hybridized carbons (Fsp3) is 0.571. The van der Waals surface area contributed by atoms with Crippen molar-refractivity contribution in [3.8, 4) is 0 Å². The minimum Gasteiger partial charge on any atom is -0.392 e. The molecule has 0 radical (unpaired) electrons. The van der Waals surface area contributed by atoms with E-state index in [2.05, 4.69) is 0 Å². The molecular formula is C14H18F2O. The van der Waals surface area contributed by atoms with Gasteiger partial charge >= 0.3 is 0 Å². The third-order valence-corrected chi connectivity index (χ3v) is 3.56. The Morgan fingerprint density at radius 3 is 2.24 bits per heavy atom. The fourth-order valence-electron chi connectivity index (χ4n) is 2.66. The molecule has 1 aromatic rings. The van der Waals surface area contributed by atoms with Crippen LogP contribution >= 0.6 is 0 Å². The summed E-state index contributed by atoms with van der Waals surface area (Å²) in [6, 6.07) is 3.46. The van der Waals surface area contributed by atoms with Crippen LogP contribution in [0.2, 0.25) is 0 Å².